The van der Waals surface area contributed by atoms with E-state index in [0.29, 0.717) is 25.9 Å². The lowest BCUT2D eigenvalue weighted by Crippen LogP contribution is -2.32. The minimum Gasteiger partial charge on any atom is -0.494 e. The highest BCUT2D eigenvalue weighted by Gasteiger charge is 2.29. The molecule has 0 amide bonds. The van der Waals surface area contributed by atoms with Crippen LogP contribution in [0.4, 0.5) is 0 Å². The summed E-state index contributed by atoms with van der Waals surface area (Å²) in [6.45, 7) is 3.86. The summed E-state index contributed by atoms with van der Waals surface area (Å²) in [5, 5.41) is 28.2. The van der Waals surface area contributed by atoms with Gasteiger partial charge in [-0.3, -0.25) is 9.59 Å². The highest BCUT2D eigenvalue weighted by atomic mass is 16.5. The average molecular weight is 417 g/mol. The predicted molar refractivity (Wildman–Crippen MR) is 116 cm³/mol. The Kier molecular flexibility index (Phi) is 8.96. The van der Waals surface area contributed by atoms with Gasteiger partial charge < -0.3 is 20.1 Å². The Labute approximate surface area is 177 Å². The zero-order chi connectivity index (χ0) is 22.1. The standard InChI is InChI=1S/C18H18O3.C6H14O3/c1-2-21-17-8-7-12-5-3-4-6-16(12)18(17)13-9-14(19)11-15(20)10-13;1-2-6(3-7,4-8)5-9/h3-8,13H,2,9-11H2,1H3;7-9H,2-5H2,1H3. The molecule has 0 saturated heterocycles. The number of ether oxygens (including phenoxy) is 1. The molecule has 0 radical (unpaired) electrons. The summed E-state index contributed by atoms with van der Waals surface area (Å²) in [5.74, 6) is 0.799. The lowest BCUT2D eigenvalue weighted by molar-refractivity contribution is -0.130. The number of aliphatic hydroxyl groups excluding tert-OH is 3. The van der Waals surface area contributed by atoms with Gasteiger partial charge in [-0.2, -0.15) is 0 Å². The summed E-state index contributed by atoms with van der Waals surface area (Å²) in [5.41, 5.74) is 0.344. The normalized spacial score (nSPS) is 15.1. The first-order valence-corrected chi connectivity index (χ1v) is 10.4. The Morgan fingerprint density at radius 3 is 2.03 bits per heavy atom. The minimum absolute atomic E-state index is 0.0339. The van der Waals surface area contributed by atoms with Crippen molar-refractivity contribution in [2.24, 2.45) is 5.41 Å². The highest BCUT2D eigenvalue weighted by Crippen LogP contribution is 2.40. The number of benzene rings is 2. The largest absolute Gasteiger partial charge is 0.494 e. The van der Waals surface area contributed by atoms with Crippen LogP contribution in [0.2, 0.25) is 0 Å². The van der Waals surface area contributed by atoms with Gasteiger partial charge in [0.2, 0.25) is 0 Å². The molecule has 2 aromatic carbocycles. The molecule has 1 aliphatic carbocycles. The number of fused-ring (bicyclic) bond motifs is 1. The average Bonchev–Trinajstić information content (AvgIpc) is 2.75. The summed E-state index contributed by atoms with van der Waals surface area (Å²) in [7, 11) is 0. The van der Waals surface area contributed by atoms with Crippen molar-refractivity contribution in [3.63, 3.8) is 0 Å². The van der Waals surface area contributed by atoms with Crippen molar-refractivity contribution in [3.05, 3.63) is 42.0 Å². The molecule has 0 atom stereocenters. The van der Waals surface area contributed by atoms with Crippen LogP contribution in [0.1, 0.15) is 51.0 Å². The van der Waals surface area contributed by atoms with Gasteiger partial charge in [0.05, 0.1) is 32.8 Å². The van der Waals surface area contributed by atoms with E-state index in [0.717, 1.165) is 22.1 Å². The molecule has 3 rings (SSSR count). The maximum absolute atomic E-state index is 11.8. The van der Waals surface area contributed by atoms with E-state index in [4.69, 9.17) is 20.1 Å². The molecule has 0 spiro atoms. The summed E-state index contributed by atoms with van der Waals surface area (Å²) in [6, 6.07) is 12.0. The minimum atomic E-state index is -0.667. The Morgan fingerprint density at radius 1 is 0.933 bits per heavy atom. The number of Topliss-reactive ketones (excluding diaryl/α,β-unsaturated/α-hetero) is 2. The molecule has 0 unspecified atom stereocenters. The second-order valence-corrected chi connectivity index (χ2v) is 7.82. The molecule has 6 nitrogen and oxygen atoms in total. The third kappa shape index (κ3) is 5.65. The first-order valence-electron chi connectivity index (χ1n) is 10.4. The number of carbonyl (C=O) groups is 2. The van der Waals surface area contributed by atoms with E-state index in [2.05, 4.69) is 0 Å². The van der Waals surface area contributed by atoms with Gasteiger partial charge in [0.25, 0.3) is 0 Å². The molecule has 6 heteroatoms. The number of carbonyl (C=O) groups excluding carboxylic acids is 2. The van der Waals surface area contributed by atoms with E-state index in [-0.39, 0.29) is 43.7 Å². The molecule has 1 saturated carbocycles. The molecule has 30 heavy (non-hydrogen) atoms. The molecule has 1 fully saturated rings. The zero-order valence-electron chi connectivity index (χ0n) is 17.8. The van der Waals surface area contributed by atoms with E-state index in [1.54, 1.807) is 0 Å². The van der Waals surface area contributed by atoms with Crippen molar-refractivity contribution in [2.75, 3.05) is 26.4 Å². The molecule has 0 aromatic heterocycles. The molecule has 2 aromatic rings. The summed E-state index contributed by atoms with van der Waals surface area (Å²) < 4.78 is 5.75. The van der Waals surface area contributed by atoms with Crippen molar-refractivity contribution < 1.29 is 29.6 Å². The first kappa shape index (κ1) is 24.0. The van der Waals surface area contributed by atoms with Gasteiger partial charge in [-0.25, -0.2) is 0 Å². The molecule has 164 valence electrons. The van der Waals surface area contributed by atoms with E-state index in [1.165, 1.54) is 0 Å². The Bertz CT molecular complexity index is 822. The first-order chi connectivity index (χ1) is 14.4. The molecular formula is C24H32O6. The fourth-order valence-electron chi connectivity index (χ4n) is 3.65. The van der Waals surface area contributed by atoms with E-state index in [9.17, 15) is 9.59 Å². The smallest absolute Gasteiger partial charge is 0.140 e. The van der Waals surface area contributed by atoms with Crippen LogP contribution in [0.3, 0.4) is 0 Å². The maximum Gasteiger partial charge on any atom is 0.140 e. The third-order valence-electron chi connectivity index (χ3n) is 5.74. The van der Waals surface area contributed by atoms with Crippen LogP contribution in [-0.4, -0.2) is 53.3 Å². The van der Waals surface area contributed by atoms with Crippen LogP contribution >= 0.6 is 0 Å². The SMILES string of the molecule is CCC(CO)(CO)CO.CCOc1ccc2ccccc2c1C1CC(=O)CC(=O)C1. The van der Waals surface area contributed by atoms with Gasteiger partial charge in [-0.15, -0.1) is 0 Å². The van der Waals surface area contributed by atoms with E-state index < -0.39 is 5.41 Å². The van der Waals surface area contributed by atoms with E-state index >= 15 is 0 Å². The number of aliphatic hydroxyl groups is 3. The topological polar surface area (TPSA) is 104 Å². The van der Waals surface area contributed by atoms with E-state index in [1.807, 2.05) is 50.2 Å². The van der Waals surface area contributed by atoms with Crippen LogP contribution in [-0.2, 0) is 9.59 Å². The Morgan fingerprint density at radius 2 is 1.53 bits per heavy atom. The monoisotopic (exact) mass is 416 g/mol. The van der Waals surface area contributed by atoms with Gasteiger partial charge in [0, 0.05) is 29.7 Å². The zero-order valence-corrected chi connectivity index (χ0v) is 17.8. The fraction of sp³-hybridized carbons (Fsp3) is 0.500. The van der Waals surface area contributed by atoms with Gasteiger partial charge >= 0.3 is 0 Å². The van der Waals surface area contributed by atoms with Gasteiger partial charge in [-0.05, 0) is 30.2 Å². The number of hydrogen-bond acceptors (Lipinski definition) is 6. The molecule has 0 aliphatic heterocycles. The van der Waals surface area contributed by atoms with Crippen molar-refractivity contribution in [2.45, 2.75) is 45.4 Å². The van der Waals surface area contributed by atoms with Crippen LogP contribution in [0.5, 0.6) is 5.75 Å². The summed E-state index contributed by atoms with van der Waals surface area (Å²) in [6.07, 6.45) is 1.54. The van der Waals surface area contributed by atoms with Gasteiger partial charge in [0.1, 0.15) is 17.3 Å². The number of hydrogen-bond donors (Lipinski definition) is 3. The Balaban J connectivity index is 0.000000303. The molecule has 3 N–H and O–H groups in total. The highest BCUT2D eigenvalue weighted by molar-refractivity contribution is 6.03. The number of rotatable bonds is 7. The van der Waals surface area contributed by atoms with Crippen LogP contribution in [0.15, 0.2) is 36.4 Å². The molecule has 1 aliphatic rings. The van der Waals surface area contributed by atoms with Crippen molar-refractivity contribution in [1.29, 1.82) is 0 Å². The summed E-state index contributed by atoms with van der Waals surface area (Å²) >= 11 is 0. The molecular weight excluding hydrogens is 384 g/mol. The van der Waals surface area contributed by atoms with Gasteiger partial charge in [0.15, 0.2) is 0 Å². The quantitative estimate of drug-likeness (QED) is 0.600. The Hall–Kier alpha value is -2.28. The van der Waals surface area contributed by atoms with Crippen molar-refractivity contribution in [1.82, 2.24) is 0 Å². The molecule has 0 bridgehead atoms. The summed E-state index contributed by atoms with van der Waals surface area (Å²) in [4.78, 5) is 23.6. The lowest BCUT2D eigenvalue weighted by Gasteiger charge is -2.24. The van der Waals surface area contributed by atoms with Gasteiger partial charge in [-0.1, -0.05) is 37.3 Å². The van der Waals surface area contributed by atoms with Crippen molar-refractivity contribution in [3.8, 4) is 5.75 Å². The predicted octanol–water partition coefficient (Wildman–Crippen LogP) is 3.00. The van der Waals surface area contributed by atoms with Crippen molar-refractivity contribution >= 4 is 22.3 Å². The number of ketones is 2. The molecule has 0 heterocycles. The third-order valence-corrected chi connectivity index (χ3v) is 5.74. The van der Waals surface area contributed by atoms with Crippen LogP contribution in [0, 0.1) is 5.41 Å². The second-order valence-electron chi connectivity index (χ2n) is 7.82. The second kappa shape index (κ2) is 11.2. The van der Waals surface area contributed by atoms with Crippen LogP contribution in [0.25, 0.3) is 10.8 Å². The van der Waals surface area contributed by atoms with Crippen LogP contribution < -0.4 is 4.74 Å². The lowest BCUT2D eigenvalue weighted by atomic mass is 9.80. The fourth-order valence-corrected chi connectivity index (χ4v) is 3.65. The maximum atomic E-state index is 11.8.